The van der Waals surface area contributed by atoms with Crippen molar-refractivity contribution in [1.29, 1.82) is 0 Å². The lowest BCUT2D eigenvalue weighted by Crippen LogP contribution is -2.63. The van der Waals surface area contributed by atoms with Crippen LogP contribution in [-0.4, -0.2) is 72.5 Å². The second-order valence-electron chi connectivity index (χ2n) is 9.70. The predicted octanol–water partition coefficient (Wildman–Crippen LogP) is 2.82. The van der Waals surface area contributed by atoms with Crippen LogP contribution in [0.1, 0.15) is 53.1 Å². The quantitative estimate of drug-likeness (QED) is 0.603. The molecule has 0 unspecified atom stereocenters. The second kappa shape index (κ2) is 10.8. The zero-order valence-electron chi connectivity index (χ0n) is 20.4. The van der Waals surface area contributed by atoms with Crippen LogP contribution in [0.15, 0.2) is 36.7 Å². The summed E-state index contributed by atoms with van der Waals surface area (Å²) in [4.78, 5) is 37.5. The van der Waals surface area contributed by atoms with Crippen LogP contribution in [0, 0.1) is 0 Å². The first kappa shape index (κ1) is 25.9. The summed E-state index contributed by atoms with van der Waals surface area (Å²) in [5, 5.41) is 5.27. The maximum absolute atomic E-state index is 12.8. The first-order valence-electron chi connectivity index (χ1n) is 12.1. The smallest absolute Gasteiger partial charge is 0.349 e. The number of halogens is 3. The summed E-state index contributed by atoms with van der Waals surface area (Å²) in [5.74, 6) is 0.0980. The van der Waals surface area contributed by atoms with Crippen molar-refractivity contribution in [2.75, 3.05) is 38.6 Å². The van der Waals surface area contributed by atoms with E-state index in [2.05, 4.69) is 25.5 Å². The molecule has 2 aliphatic rings. The zero-order valence-corrected chi connectivity index (χ0v) is 20.4. The van der Waals surface area contributed by atoms with Crippen LogP contribution in [0.2, 0.25) is 0 Å². The van der Waals surface area contributed by atoms with Gasteiger partial charge in [-0.25, -0.2) is 9.97 Å². The lowest BCUT2D eigenvalue weighted by atomic mass is 9.81. The summed E-state index contributed by atoms with van der Waals surface area (Å²) in [5.41, 5.74) is 0.141. The predicted molar refractivity (Wildman–Crippen MR) is 129 cm³/mol. The second-order valence-corrected chi connectivity index (χ2v) is 9.70. The molecule has 1 aliphatic carbocycles. The first-order valence-corrected chi connectivity index (χ1v) is 12.1. The molecule has 1 aromatic carbocycles. The van der Waals surface area contributed by atoms with Crippen molar-refractivity contribution in [2.45, 2.75) is 49.9 Å². The summed E-state index contributed by atoms with van der Waals surface area (Å²) in [6, 6.07) is 4.62. The molecule has 1 saturated carbocycles. The number of hydrogen-bond acceptors (Lipinski definition) is 6. The molecule has 1 saturated heterocycles. The lowest BCUT2D eigenvalue weighted by Gasteiger charge is -2.46. The summed E-state index contributed by atoms with van der Waals surface area (Å²) < 4.78 is 38.5. The van der Waals surface area contributed by atoms with E-state index in [0.29, 0.717) is 17.9 Å². The molecule has 2 heterocycles. The average Bonchev–Trinajstić information content (AvgIpc) is 2.84. The Kier molecular flexibility index (Phi) is 7.77. The minimum atomic E-state index is -4.53. The van der Waals surface area contributed by atoms with Crippen LogP contribution in [-0.2, 0) is 11.0 Å². The highest BCUT2D eigenvalue weighted by atomic mass is 19.4. The van der Waals surface area contributed by atoms with Crippen molar-refractivity contribution in [3.05, 3.63) is 53.3 Å². The molecule has 2 aromatic rings. The fourth-order valence-electron chi connectivity index (χ4n) is 4.83. The lowest BCUT2D eigenvalue weighted by molar-refractivity contribution is -0.137. The molecule has 4 rings (SSSR count). The van der Waals surface area contributed by atoms with Gasteiger partial charge in [-0.3, -0.25) is 14.5 Å². The van der Waals surface area contributed by atoms with Crippen molar-refractivity contribution in [3.8, 4) is 0 Å². The van der Waals surface area contributed by atoms with E-state index in [-0.39, 0.29) is 24.1 Å². The molecule has 36 heavy (non-hydrogen) atoms. The van der Waals surface area contributed by atoms with Gasteiger partial charge in [0.1, 0.15) is 0 Å². The number of amides is 2. The molecule has 0 atom stereocenters. The molecule has 2 N–H and O–H groups in total. The Morgan fingerprint density at radius 2 is 1.75 bits per heavy atom. The van der Waals surface area contributed by atoms with Crippen molar-refractivity contribution < 1.29 is 22.8 Å². The molecule has 0 radical (unpaired) electrons. The van der Waals surface area contributed by atoms with Crippen LogP contribution in [0.4, 0.5) is 19.1 Å². The molecule has 0 spiro atoms. The van der Waals surface area contributed by atoms with Gasteiger partial charge in [-0.05, 0) is 55.4 Å². The number of nitrogens with one attached hydrogen (secondary N) is 2. The molecule has 2 amide bonds. The van der Waals surface area contributed by atoms with Gasteiger partial charge in [-0.1, -0.05) is 6.07 Å². The normalized spacial score (nSPS) is 20.9. The number of alkyl halides is 3. The van der Waals surface area contributed by atoms with E-state index in [1.54, 1.807) is 0 Å². The maximum atomic E-state index is 12.8. The van der Waals surface area contributed by atoms with Crippen LogP contribution >= 0.6 is 0 Å². The van der Waals surface area contributed by atoms with Crippen molar-refractivity contribution in [3.63, 3.8) is 0 Å². The van der Waals surface area contributed by atoms with E-state index < -0.39 is 17.6 Å². The van der Waals surface area contributed by atoms with E-state index in [1.165, 1.54) is 17.7 Å². The van der Waals surface area contributed by atoms with Crippen LogP contribution in [0.25, 0.3) is 0 Å². The summed E-state index contributed by atoms with van der Waals surface area (Å²) in [7, 11) is 3.83. The number of hydrogen-bond donors (Lipinski definition) is 2. The largest absolute Gasteiger partial charge is 0.416 e. The highest BCUT2D eigenvalue weighted by Crippen LogP contribution is 2.35. The number of nitrogens with zero attached hydrogens (tertiary/aromatic N) is 4. The Bertz CT molecular complexity index is 1060. The van der Waals surface area contributed by atoms with Gasteiger partial charge in [-0.2, -0.15) is 13.2 Å². The molecular formula is C25H31F3N6O2. The van der Waals surface area contributed by atoms with Gasteiger partial charge in [0.2, 0.25) is 11.9 Å². The van der Waals surface area contributed by atoms with E-state index in [9.17, 15) is 22.8 Å². The van der Waals surface area contributed by atoms with E-state index >= 15 is 0 Å². The van der Waals surface area contributed by atoms with E-state index in [0.717, 1.165) is 50.9 Å². The highest BCUT2D eigenvalue weighted by Gasteiger charge is 2.35. The van der Waals surface area contributed by atoms with Gasteiger partial charge >= 0.3 is 6.18 Å². The average molecular weight is 505 g/mol. The number of carbonyl (C=O) groups is 2. The summed E-state index contributed by atoms with van der Waals surface area (Å²) in [6.07, 6.45) is 3.62. The van der Waals surface area contributed by atoms with E-state index in [4.69, 9.17) is 0 Å². The third-order valence-electron chi connectivity index (χ3n) is 6.88. The van der Waals surface area contributed by atoms with Gasteiger partial charge in [0.05, 0.1) is 18.2 Å². The van der Waals surface area contributed by atoms with Crippen molar-refractivity contribution in [2.24, 2.45) is 0 Å². The minimum Gasteiger partial charge on any atom is -0.349 e. The van der Waals surface area contributed by atoms with Crippen molar-refractivity contribution >= 4 is 17.8 Å². The molecule has 194 valence electrons. The van der Waals surface area contributed by atoms with Crippen LogP contribution < -0.4 is 15.5 Å². The molecular weight excluding hydrogens is 473 g/mol. The fraction of sp³-hybridized carbons (Fsp3) is 0.520. The zero-order chi connectivity index (χ0) is 25.9. The number of benzene rings is 1. The molecule has 1 aliphatic heterocycles. The Morgan fingerprint density at radius 1 is 1.08 bits per heavy atom. The van der Waals surface area contributed by atoms with E-state index in [1.807, 2.05) is 31.4 Å². The van der Waals surface area contributed by atoms with Crippen LogP contribution in [0.5, 0.6) is 0 Å². The van der Waals surface area contributed by atoms with Crippen molar-refractivity contribution in [1.82, 2.24) is 25.5 Å². The highest BCUT2D eigenvalue weighted by molar-refractivity contribution is 5.96. The Morgan fingerprint density at radius 3 is 2.36 bits per heavy atom. The maximum Gasteiger partial charge on any atom is 0.416 e. The number of rotatable bonds is 7. The third-order valence-corrected chi connectivity index (χ3v) is 6.88. The van der Waals surface area contributed by atoms with Gasteiger partial charge in [0, 0.05) is 51.2 Å². The number of carbonyl (C=O) groups excluding carboxylic acids is 2. The van der Waals surface area contributed by atoms with Crippen LogP contribution in [0.3, 0.4) is 0 Å². The number of aromatic nitrogens is 2. The van der Waals surface area contributed by atoms with Gasteiger partial charge < -0.3 is 15.5 Å². The SMILES string of the molecule is CN(C)c1ncc(C2CCC(N3CC(NC(=O)CNC(=O)c4cccc(C(F)(F)F)c4)C3)CC2)cn1. The minimum absolute atomic E-state index is 0.00709. The molecule has 0 bridgehead atoms. The Hall–Kier alpha value is -3.21. The molecule has 1 aromatic heterocycles. The molecule has 2 fully saturated rings. The summed E-state index contributed by atoms with van der Waals surface area (Å²) >= 11 is 0. The van der Waals surface area contributed by atoms with Gasteiger partial charge in [-0.15, -0.1) is 0 Å². The third kappa shape index (κ3) is 6.31. The van der Waals surface area contributed by atoms with Gasteiger partial charge in [0.25, 0.3) is 5.91 Å². The molecule has 8 nitrogen and oxygen atoms in total. The van der Waals surface area contributed by atoms with Gasteiger partial charge in [0.15, 0.2) is 0 Å². The topological polar surface area (TPSA) is 90.5 Å². The number of likely N-dealkylation sites (tertiary alicyclic amines) is 1. The summed E-state index contributed by atoms with van der Waals surface area (Å²) in [6.45, 7) is 1.22. The standard InChI is InChI=1S/C25H31F3N6O2/c1-33(2)24-30-11-18(12-31-24)16-6-8-21(9-7-16)34-14-20(15-34)32-22(35)13-29-23(36)17-4-3-5-19(10-17)25(26,27)28/h3-5,10-12,16,20-21H,6-9,13-15H2,1-2H3,(H,29,36)(H,32,35). The fourth-order valence-corrected chi connectivity index (χ4v) is 4.83. The number of anilines is 1. The monoisotopic (exact) mass is 504 g/mol. The Labute approximate surface area is 208 Å². The first-order chi connectivity index (χ1) is 17.1. The molecule has 11 heteroatoms. The Balaban J connectivity index is 1.15.